The molecule has 3 heteroatoms. The molecule has 2 aromatic rings. The largest absolute Gasteiger partial charge is 0.309 e. The van der Waals surface area contributed by atoms with Gasteiger partial charge in [0.25, 0.3) is 0 Å². The zero-order chi connectivity index (χ0) is 12.4. The summed E-state index contributed by atoms with van der Waals surface area (Å²) in [7, 11) is 2.02. The van der Waals surface area contributed by atoms with Gasteiger partial charge in [-0.05, 0) is 77.2 Å². The summed E-state index contributed by atoms with van der Waals surface area (Å²) >= 11 is 4.18. The molecular formula is C14H16INS. The van der Waals surface area contributed by atoms with E-state index in [1.54, 1.807) is 11.3 Å². The highest BCUT2D eigenvalue weighted by molar-refractivity contribution is 14.1. The van der Waals surface area contributed by atoms with Crippen molar-refractivity contribution in [3.63, 3.8) is 0 Å². The van der Waals surface area contributed by atoms with Crippen LogP contribution in [-0.4, -0.2) is 7.05 Å². The maximum Gasteiger partial charge on any atom is 0.0656 e. The highest BCUT2D eigenvalue weighted by atomic mass is 127. The number of nitrogens with one attached hydrogen (secondary N) is 1. The normalized spacial score (nSPS) is 12.7. The molecule has 2 rings (SSSR count). The average Bonchev–Trinajstić information content (AvgIpc) is 2.72. The minimum absolute atomic E-state index is 0.301. The summed E-state index contributed by atoms with van der Waals surface area (Å²) in [6.07, 6.45) is 0. The van der Waals surface area contributed by atoms with E-state index in [1.807, 2.05) is 7.05 Å². The third-order valence-corrected chi connectivity index (χ3v) is 4.97. The van der Waals surface area contributed by atoms with Gasteiger partial charge in [-0.25, -0.2) is 0 Å². The van der Waals surface area contributed by atoms with Crippen molar-refractivity contribution in [1.29, 1.82) is 0 Å². The van der Waals surface area contributed by atoms with Gasteiger partial charge in [-0.1, -0.05) is 18.2 Å². The molecule has 0 amide bonds. The topological polar surface area (TPSA) is 12.0 Å². The number of benzene rings is 1. The van der Waals surface area contributed by atoms with Gasteiger partial charge < -0.3 is 5.32 Å². The van der Waals surface area contributed by atoms with E-state index in [0.717, 1.165) is 0 Å². The summed E-state index contributed by atoms with van der Waals surface area (Å²) in [4.78, 5) is 0. The molecule has 0 aliphatic heterocycles. The second kappa shape index (κ2) is 5.50. The molecule has 1 N–H and O–H groups in total. The van der Waals surface area contributed by atoms with Gasteiger partial charge in [-0.2, -0.15) is 0 Å². The molecular weight excluding hydrogens is 341 g/mol. The lowest BCUT2D eigenvalue weighted by Crippen LogP contribution is -2.18. The van der Waals surface area contributed by atoms with Crippen LogP contribution in [0.1, 0.15) is 28.3 Å². The number of halogens is 1. The Hall–Kier alpha value is -0.390. The van der Waals surface area contributed by atoms with Crippen LogP contribution in [0.15, 0.2) is 29.6 Å². The Morgan fingerprint density at radius 2 is 2.06 bits per heavy atom. The SMILES string of the molecule is CNC(c1csc(I)c1)c1cccc(C)c1C. The highest BCUT2D eigenvalue weighted by Gasteiger charge is 2.15. The summed E-state index contributed by atoms with van der Waals surface area (Å²) in [5.74, 6) is 0. The Morgan fingerprint density at radius 3 is 2.65 bits per heavy atom. The molecule has 0 aliphatic carbocycles. The van der Waals surface area contributed by atoms with Crippen molar-refractivity contribution in [2.45, 2.75) is 19.9 Å². The average molecular weight is 357 g/mol. The van der Waals surface area contributed by atoms with Gasteiger partial charge in [0.05, 0.1) is 8.93 Å². The lowest BCUT2D eigenvalue weighted by Gasteiger charge is -2.19. The molecule has 1 nitrogen and oxygen atoms in total. The van der Waals surface area contributed by atoms with Crippen LogP contribution in [0.3, 0.4) is 0 Å². The molecule has 0 saturated heterocycles. The molecule has 0 bridgehead atoms. The van der Waals surface area contributed by atoms with Gasteiger partial charge in [0.2, 0.25) is 0 Å². The summed E-state index contributed by atoms with van der Waals surface area (Å²) in [5.41, 5.74) is 5.47. The summed E-state index contributed by atoms with van der Waals surface area (Å²) in [6.45, 7) is 4.37. The number of rotatable bonds is 3. The van der Waals surface area contributed by atoms with E-state index in [1.165, 1.54) is 25.1 Å². The second-order valence-electron chi connectivity index (χ2n) is 4.19. The zero-order valence-electron chi connectivity index (χ0n) is 10.3. The molecule has 0 aliphatic rings. The van der Waals surface area contributed by atoms with E-state index in [4.69, 9.17) is 0 Å². The van der Waals surface area contributed by atoms with E-state index in [0.29, 0.717) is 6.04 Å². The van der Waals surface area contributed by atoms with Crippen LogP contribution in [0.4, 0.5) is 0 Å². The van der Waals surface area contributed by atoms with Crippen molar-refractivity contribution < 1.29 is 0 Å². The lowest BCUT2D eigenvalue weighted by molar-refractivity contribution is 0.689. The van der Waals surface area contributed by atoms with Crippen LogP contribution in [-0.2, 0) is 0 Å². The maximum absolute atomic E-state index is 3.42. The van der Waals surface area contributed by atoms with Crippen LogP contribution < -0.4 is 5.32 Å². The Morgan fingerprint density at radius 1 is 1.29 bits per heavy atom. The number of hydrogen-bond acceptors (Lipinski definition) is 2. The van der Waals surface area contributed by atoms with E-state index in [9.17, 15) is 0 Å². The first-order valence-corrected chi connectivity index (χ1v) is 7.56. The fourth-order valence-electron chi connectivity index (χ4n) is 2.06. The van der Waals surface area contributed by atoms with Gasteiger partial charge >= 0.3 is 0 Å². The first-order valence-electron chi connectivity index (χ1n) is 5.60. The first-order chi connectivity index (χ1) is 8.13. The first kappa shape index (κ1) is 13.1. The molecule has 90 valence electrons. The van der Waals surface area contributed by atoms with Crippen LogP contribution in [0.25, 0.3) is 0 Å². The Bertz CT molecular complexity index is 519. The minimum Gasteiger partial charge on any atom is -0.309 e. The van der Waals surface area contributed by atoms with Crippen molar-refractivity contribution in [2.75, 3.05) is 7.05 Å². The van der Waals surface area contributed by atoms with E-state index in [-0.39, 0.29) is 0 Å². The maximum atomic E-state index is 3.42. The van der Waals surface area contributed by atoms with Gasteiger partial charge in [0, 0.05) is 0 Å². The molecule has 1 atom stereocenters. The van der Waals surface area contributed by atoms with Gasteiger partial charge in [-0.15, -0.1) is 11.3 Å². The van der Waals surface area contributed by atoms with Gasteiger partial charge in [0.15, 0.2) is 0 Å². The smallest absolute Gasteiger partial charge is 0.0656 e. The molecule has 1 unspecified atom stereocenters. The van der Waals surface area contributed by atoms with E-state index >= 15 is 0 Å². The monoisotopic (exact) mass is 357 g/mol. The van der Waals surface area contributed by atoms with Crippen molar-refractivity contribution in [3.8, 4) is 0 Å². The second-order valence-corrected chi connectivity index (χ2v) is 7.00. The van der Waals surface area contributed by atoms with Gasteiger partial charge in [-0.3, -0.25) is 0 Å². The summed E-state index contributed by atoms with van der Waals surface area (Å²) in [5, 5.41) is 5.66. The molecule has 0 fully saturated rings. The Balaban J connectivity index is 2.45. The molecule has 1 aromatic carbocycles. The molecule has 1 aromatic heterocycles. The predicted molar refractivity (Wildman–Crippen MR) is 83.9 cm³/mol. The number of aryl methyl sites for hydroxylation is 1. The van der Waals surface area contributed by atoms with Crippen molar-refractivity contribution in [1.82, 2.24) is 5.32 Å². The van der Waals surface area contributed by atoms with E-state index in [2.05, 4.69) is 71.4 Å². The number of hydrogen-bond donors (Lipinski definition) is 1. The van der Waals surface area contributed by atoms with Crippen LogP contribution in [0, 0.1) is 16.7 Å². The molecule has 17 heavy (non-hydrogen) atoms. The van der Waals surface area contributed by atoms with Crippen LogP contribution >= 0.6 is 33.9 Å². The fourth-order valence-corrected chi connectivity index (χ4v) is 3.46. The van der Waals surface area contributed by atoms with Crippen molar-refractivity contribution in [2.24, 2.45) is 0 Å². The molecule has 0 spiro atoms. The minimum atomic E-state index is 0.301. The standard InChI is InChI=1S/C14H16INS/c1-9-5-4-6-12(10(9)2)14(16-3)11-7-13(15)17-8-11/h4-8,14,16H,1-3H3. The van der Waals surface area contributed by atoms with Crippen LogP contribution in [0.2, 0.25) is 0 Å². The Labute approximate surface area is 120 Å². The van der Waals surface area contributed by atoms with Gasteiger partial charge in [0.1, 0.15) is 0 Å². The van der Waals surface area contributed by atoms with Crippen molar-refractivity contribution >= 4 is 33.9 Å². The molecule has 0 radical (unpaired) electrons. The van der Waals surface area contributed by atoms with Crippen molar-refractivity contribution in [3.05, 3.63) is 54.8 Å². The zero-order valence-corrected chi connectivity index (χ0v) is 13.2. The molecule has 1 heterocycles. The third kappa shape index (κ3) is 2.72. The van der Waals surface area contributed by atoms with E-state index < -0.39 is 0 Å². The predicted octanol–water partition coefficient (Wildman–Crippen LogP) is 4.28. The summed E-state index contributed by atoms with van der Waals surface area (Å²) in [6, 6.07) is 9.08. The van der Waals surface area contributed by atoms with Crippen LogP contribution in [0.5, 0.6) is 0 Å². The third-order valence-electron chi connectivity index (χ3n) is 3.17. The molecule has 0 saturated carbocycles. The Kier molecular flexibility index (Phi) is 4.22. The quantitative estimate of drug-likeness (QED) is 0.809. The fraction of sp³-hybridized carbons (Fsp3) is 0.286. The summed E-state index contributed by atoms with van der Waals surface area (Å²) < 4.78 is 1.34. The number of thiophene rings is 1. The highest BCUT2D eigenvalue weighted by Crippen LogP contribution is 2.29. The lowest BCUT2D eigenvalue weighted by atomic mass is 9.94.